The Balaban J connectivity index is 0.00000232. The van der Waals surface area contributed by atoms with E-state index in [4.69, 9.17) is 4.74 Å². The fourth-order valence-corrected chi connectivity index (χ4v) is 2.08. The Bertz CT molecular complexity index is 521. The number of carbonyl (C=O) groups is 1. The average molecular weight is 343 g/mol. The minimum atomic E-state index is -0.850. The van der Waals surface area contributed by atoms with E-state index in [0.717, 1.165) is 0 Å². The number of nitrogens with zero attached hydrogens (tertiary/aromatic N) is 1. The highest BCUT2D eigenvalue weighted by atomic mass is 32.2. The van der Waals surface area contributed by atoms with Crippen molar-refractivity contribution >= 4 is 23.8 Å². The summed E-state index contributed by atoms with van der Waals surface area (Å²) in [5, 5.41) is 18.5. The molecule has 1 rings (SSSR count). The first-order valence-electron chi connectivity index (χ1n) is 7.04. The van der Waals surface area contributed by atoms with Gasteiger partial charge in [0.2, 0.25) is 0 Å². The minimum absolute atomic E-state index is 0.00658. The molecule has 0 saturated heterocycles. The fourth-order valence-electron chi connectivity index (χ4n) is 1.37. The molecule has 128 valence electrons. The molecular formula is C15H21NO6S. The predicted octanol–water partition coefficient (Wildman–Crippen LogP) is 3.30. The highest BCUT2D eigenvalue weighted by Crippen LogP contribution is 2.24. The number of thioether (sulfide) groups is 1. The average Bonchev–Trinajstić information content (AvgIpc) is 2.54. The first-order valence-corrected chi connectivity index (χ1v) is 8.19. The monoisotopic (exact) mass is 343 g/mol. The Hall–Kier alpha value is -2.22. The smallest absolute Gasteiger partial charge is 0.312 e. The summed E-state index contributed by atoms with van der Waals surface area (Å²) >= 11 is 1.36. The second kappa shape index (κ2) is 12.3. The summed E-state index contributed by atoms with van der Waals surface area (Å²) < 4.78 is 5.11. The van der Waals surface area contributed by atoms with Gasteiger partial charge in [0.15, 0.2) is 0 Å². The van der Waals surface area contributed by atoms with E-state index in [1.54, 1.807) is 0 Å². The molecular weight excluding hydrogens is 322 g/mol. The molecule has 8 heteroatoms. The van der Waals surface area contributed by atoms with Crippen LogP contribution in [0.25, 0.3) is 6.08 Å². The van der Waals surface area contributed by atoms with Crippen LogP contribution in [0.2, 0.25) is 0 Å². The standard InChI is InChI=1S/C13H15NO6S.C2H6/c1-2-10-9-11(3-4-12(10)15)20-13(16)5-7-21-8-6-19-14(17)18;1-2/h2-4,9,15H,1,5-8H2;1-2H3. The van der Waals surface area contributed by atoms with E-state index in [-0.39, 0.29) is 18.8 Å². The van der Waals surface area contributed by atoms with Crippen LogP contribution in [0.5, 0.6) is 11.5 Å². The molecule has 0 fully saturated rings. The summed E-state index contributed by atoms with van der Waals surface area (Å²) in [7, 11) is 0. The van der Waals surface area contributed by atoms with E-state index in [9.17, 15) is 20.0 Å². The van der Waals surface area contributed by atoms with Crippen LogP contribution in [0, 0.1) is 10.1 Å². The molecule has 0 aromatic heterocycles. The van der Waals surface area contributed by atoms with Crippen molar-refractivity contribution in [3.63, 3.8) is 0 Å². The van der Waals surface area contributed by atoms with Gasteiger partial charge in [0.05, 0.1) is 6.42 Å². The first kappa shape index (κ1) is 20.8. The third-order valence-electron chi connectivity index (χ3n) is 2.33. The number of rotatable bonds is 9. The molecule has 7 nitrogen and oxygen atoms in total. The van der Waals surface area contributed by atoms with Gasteiger partial charge in [0.25, 0.3) is 5.09 Å². The van der Waals surface area contributed by atoms with Gasteiger partial charge in [0.1, 0.15) is 18.1 Å². The zero-order chi connectivity index (χ0) is 17.7. The van der Waals surface area contributed by atoms with E-state index >= 15 is 0 Å². The van der Waals surface area contributed by atoms with Crippen LogP contribution in [-0.2, 0) is 9.63 Å². The van der Waals surface area contributed by atoms with Crippen LogP contribution >= 0.6 is 11.8 Å². The van der Waals surface area contributed by atoms with Crippen molar-refractivity contribution < 1.29 is 24.6 Å². The van der Waals surface area contributed by atoms with Gasteiger partial charge >= 0.3 is 5.97 Å². The lowest BCUT2D eigenvalue weighted by Crippen LogP contribution is -2.10. The van der Waals surface area contributed by atoms with E-state index in [0.29, 0.717) is 22.8 Å². The number of aromatic hydroxyl groups is 1. The van der Waals surface area contributed by atoms with Crippen molar-refractivity contribution in [3.05, 3.63) is 40.5 Å². The molecule has 0 saturated carbocycles. The highest BCUT2D eigenvalue weighted by molar-refractivity contribution is 7.99. The Morgan fingerprint density at radius 2 is 2.13 bits per heavy atom. The highest BCUT2D eigenvalue weighted by Gasteiger charge is 2.07. The number of benzene rings is 1. The number of ether oxygens (including phenoxy) is 1. The zero-order valence-electron chi connectivity index (χ0n) is 13.2. The molecule has 0 radical (unpaired) electrons. The third-order valence-corrected chi connectivity index (χ3v) is 3.27. The summed E-state index contributed by atoms with van der Waals surface area (Å²) in [6.45, 7) is 7.53. The van der Waals surface area contributed by atoms with Crippen molar-refractivity contribution in [2.45, 2.75) is 20.3 Å². The van der Waals surface area contributed by atoms with E-state index < -0.39 is 11.1 Å². The van der Waals surface area contributed by atoms with E-state index in [1.807, 2.05) is 13.8 Å². The summed E-state index contributed by atoms with van der Waals surface area (Å²) in [6.07, 6.45) is 1.63. The number of phenolic OH excluding ortho intramolecular Hbond substituents is 1. The third kappa shape index (κ3) is 9.41. The lowest BCUT2D eigenvalue weighted by molar-refractivity contribution is -0.756. The predicted molar refractivity (Wildman–Crippen MR) is 90.1 cm³/mol. The molecule has 1 N–H and O–H groups in total. The Morgan fingerprint density at radius 3 is 2.74 bits per heavy atom. The largest absolute Gasteiger partial charge is 0.507 e. The maximum absolute atomic E-state index is 11.6. The SMILES string of the molecule is C=Cc1cc(OC(=O)CCSCCO[N+](=O)[O-])ccc1O.CC. The molecule has 0 aliphatic carbocycles. The van der Waals surface area contributed by atoms with Crippen molar-refractivity contribution in [1.29, 1.82) is 0 Å². The van der Waals surface area contributed by atoms with Crippen LogP contribution in [-0.4, -0.2) is 34.3 Å². The van der Waals surface area contributed by atoms with Gasteiger partial charge in [-0.1, -0.05) is 26.5 Å². The number of hydrogen-bond donors (Lipinski definition) is 1. The Labute approximate surface area is 139 Å². The molecule has 0 unspecified atom stereocenters. The Kier molecular flexibility index (Phi) is 11.1. The second-order valence-electron chi connectivity index (χ2n) is 3.82. The Morgan fingerprint density at radius 1 is 1.43 bits per heavy atom. The summed E-state index contributed by atoms with van der Waals surface area (Å²) in [5.41, 5.74) is 0.478. The molecule has 0 amide bonds. The van der Waals surface area contributed by atoms with Crippen molar-refractivity contribution in [2.24, 2.45) is 0 Å². The van der Waals surface area contributed by atoms with Gasteiger partial charge in [-0.2, -0.15) is 11.8 Å². The van der Waals surface area contributed by atoms with E-state index in [2.05, 4.69) is 11.4 Å². The zero-order valence-corrected chi connectivity index (χ0v) is 14.0. The molecule has 0 heterocycles. The van der Waals surface area contributed by atoms with E-state index in [1.165, 1.54) is 36.0 Å². The number of phenols is 1. The molecule has 1 aromatic carbocycles. The molecule has 0 aliphatic heterocycles. The van der Waals surface area contributed by atoms with Gasteiger partial charge in [-0.15, -0.1) is 10.1 Å². The van der Waals surface area contributed by atoms with Gasteiger partial charge in [-0.3, -0.25) is 4.79 Å². The molecule has 0 atom stereocenters. The molecule has 0 bridgehead atoms. The van der Waals surface area contributed by atoms with Crippen LogP contribution in [0.15, 0.2) is 24.8 Å². The minimum Gasteiger partial charge on any atom is -0.507 e. The topological polar surface area (TPSA) is 98.9 Å². The quantitative estimate of drug-likeness (QED) is 0.241. The second-order valence-corrected chi connectivity index (χ2v) is 5.04. The summed E-state index contributed by atoms with van der Waals surface area (Å²) in [6, 6.07) is 4.42. The van der Waals surface area contributed by atoms with Crippen LogP contribution in [0.1, 0.15) is 25.8 Å². The lowest BCUT2D eigenvalue weighted by Gasteiger charge is -2.06. The molecule has 0 aliphatic rings. The van der Waals surface area contributed by atoms with Crippen molar-refractivity contribution in [3.8, 4) is 11.5 Å². The lowest BCUT2D eigenvalue weighted by atomic mass is 10.2. The van der Waals surface area contributed by atoms with Crippen LogP contribution in [0.4, 0.5) is 0 Å². The first-order chi connectivity index (χ1) is 11.0. The normalized spacial score (nSPS) is 9.30. The van der Waals surface area contributed by atoms with Crippen LogP contribution in [0.3, 0.4) is 0 Å². The van der Waals surface area contributed by atoms with Gasteiger partial charge < -0.3 is 14.7 Å². The maximum atomic E-state index is 11.6. The van der Waals surface area contributed by atoms with Crippen molar-refractivity contribution in [1.82, 2.24) is 0 Å². The van der Waals surface area contributed by atoms with Gasteiger partial charge in [-0.05, 0) is 18.2 Å². The number of esters is 1. The molecule has 1 aromatic rings. The maximum Gasteiger partial charge on any atom is 0.312 e. The molecule has 0 spiro atoms. The summed E-state index contributed by atoms with van der Waals surface area (Å²) in [4.78, 5) is 25.6. The van der Waals surface area contributed by atoms with Crippen LogP contribution < -0.4 is 4.74 Å². The fraction of sp³-hybridized carbons (Fsp3) is 0.400. The van der Waals surface area contributed by atoms with Crippen molar-refractivity contribution in [2.75, 3.05) is 18.1 Å². The molecule has 23 heavy (non-hydrogen) atoms. The summed E-state index contributed by atoms with van der Waals surface area (Å²) in [5.74, 6) is 0.874. The van der Waals surface area contributed by atoms with Gasteiger partial charge in [0, 0.05) is 17.1 Å². The number of carbonyl (C=O) groups excluding carboxylic acids is 1. The number of hydrogen-bond acceptors (Lipinski definition) is 7. The van der Waals surface area contributed by atoms with Gasteiger partial charge in [-0.25, -0.2) is 0 Å².